The third-order valence-corrected chi connectivity index (χ3v) is 2.86. The summed E-state index contributed by atoms with van der Waals surface area (Å²) in [6, 6.07) is 2.18. The highest BCUT2D eigenvalue weighted by atomic mass is 19.1. The van der Waals surface area contributed by atoms with Crippen molar-refractivity contribution in [3.63, 3.8) is 0 Å². The zero-order valence-electron chi connectivity index (χ0n) is 10.2. The van der Waals surface area contributed by atoms with E-state index in [0.717, 1.165) is 25.0 Å². The standard InChI is InChI=1S/C13H18F2O2/c1-3-9(4-2)8-17-13-11(14)5-10(7-16)6-12(13)15/h5-6,9,16H,3-4,7-8H2,1-2H3. The number of benzene rings is 1. The maximum absolute atomic E-state index is 13.5. The summed E-state index contributed by atoms with van der Waals surface area (Å²) in [6.45, 7) is 3.94. The van der Waals surface area contributed by atoms with Crippen LogP contribution in [0.1, 0.15) is 32.3 Å². The predicted octanol–water partition coefficient (Wildman–Crippen LogP) is 3.27. The summed E-state index contributed by atoms with van der Waals surface area (Å²) < 4.78 is 32.1. The Hall–Kier alpha value is -1.16. The second-order valence-corrected chi connectivity index (χ2v) is 4.04. The van der Waals surface area contributed by atoms with Crippen molar-refractivity contribution < 1.29 is 18.6 Å². The molecule has 0 aliphatic heterocycles. The van der Waals surface area contributed by atoms with Crippen LogP contribution in [0.25, 0.3) is 0 Å². The van der Waals surface area contributed by atoms with Crippen LogP contribution < -0.4 is 4.74 Å². The number of aliphatic hydroxyl groups excluding tert-OH is 1. The second kappa shape index (κ2) is 6.55. The Morgan fingerprint density at radius 3 is 2.12 bits per heavy atom. The van der Waals surface area contributed by atoms with E-state index in [9.17, 15) is 8.78 Å². The first-order valence-electron chi connectivity index (χ1n) is 5.83. The number of hydrogen-bond acceptors (Lipinski definition) is 2. The van der Waals surface area contributed by atoms with E-state index in [2.05, 4.69) is 0 Å². The molecular weight excluding hydrogens is 226 g/mol. The predicted molar refractivity (Wildman–Crippen MR) is 61.8 cm³/mol. The van der Waals surface area contributed by atoms with E-state index in [1.54, 1.807) is 0 Å². The Balaban J connectivity index is 2.77. The van der Waals surface area contributed by atoms with E-state index in [4.69, 9.17) is 9.84 Å². The molecule has 1 N–H and O–H groups in total. The second-order valence-electron chi connectivity index (χ2n) is 4.04. The summed E-state index contributed by atoms with van der Waals surface area (Å²) in [5.74, 6) is -1.58. The molecule has 4 heteroatoms. The van der Waals surface area contributed by atoms with Crippen LogP contribution in [0, 0.1) is 17.6 Å². The normalized spacial score (nSPS) is 10.9. The van der Waals surface area contributed by atoms with E-state index < -0.39 is 11.6 Å². The molecule has 0 fully saturated rings. The van der Waals surface area contributed by atoms with Crippen molar-refractivity contribution in [2.45, 2.75) is 33.3 Å². The molecule has 0 atom stereocenters. The smallest absolute Gasteiger partial charge is 0.190 e. The van der Waals surface area contributed by atoms with Crippen LogP contribution in [-0.4, -0.2) is 11.7 Å². The molecule has 2 nitrogen and oxygen atoms in total. The van der Waals surface area contributed by atoms with Crippen molar-refractivity contribution in [2.75, 3.05) is 6.61 Å². The van der Waals surface area contributed by atoms with Crippen molar-refractivity contribution in [1.29, 1.82) is 0 Å². The van der Waals surface area contributed by atoms with Crippen LogP contribution in [0.15, 0.2) is 12.1 Å². The lowest BCUT2D eigenvalue weighted by Gasteiger charge is -2.15. The van der Waals surface area contributed by atoms with Gasteiger partial charge in [-0.3, -0.25) is 0 Å². The third-order valence-electron chi connectivity index (χ3n) is 2.86. The van der Waals surface area contributed by atoms with Crippen molar-refractivity contribution in [3.8, 4) is 5.75 Å². The van der Waals surface area contributed by atoms with Crippen LogP contribution in [0.3, 0.4) is 0 Å². The van der Waals surface area contributed by atoms with Crippen LogP contribution in [-0.2, 0) is 6.61 Å². The van der Waals surface area contributed by atoms with Crippen LogP contribution >= 0.6 is 0 Å². The number of halogens is 2. The highest BCUT2D eigenvalue weighted by Gasteiger charge is 2.14. The van der Waals surface area contributed by atoms with Gasteiger partial charge in [0.25, 0.3) is 0 Å². The van der Waals surface area contributed by atoms with E-state index in [1.165, 1.54) is 0 Å². The molecule has 0 aliphatic rings. The number of hydrogen-bond donors (Lipinski definition) is 1. The van der Waals surface area contributed by atoms with Gasteiger partial charge in [-0.15, -0.1) is 0 Å². The third kappa shape index (κ3) is 3.66. The molecule has 0 aromatic heterocycles. The van der Waals surface area contributed by atoms with Gasteiger partial charge in [0.05, 0.1) is 13.2 Å². The summed E-state index contributed by atoms with van der Waals surface area (Å²) in [7, 11) is 0. The Kier molecular flexibility index (Phi) is 5.35. The SMILES string of the molecule is CCC(CC)COc1c(F)cc(CO)cc1F. The summed E-state index contributed by atoms with van der Waals surface area (Å²) in [5.41, 5.74) is 0.204. The van der Waals surface area contributed by atoms with Gasteiger partial charge in [-0.2, -0.15) is 0 Å². The lowest BCUT2D eigenvalue weighted by Crippen LogP contribution is -2.12. The monoisotopic (exact) mass is 244 g/mol. The summed E-state index contributed by atoms with van der Waals surface area (Å²) in [5, 5.41) is 8.80. The fourth-order valence-corrected chi connectivity index (χ4v) is 1.57. The zero-order chi connectivity index (χ0) is 12.8. The molecule has 0 bridgehead atoms. The minimum absolute atomic E-state index is 0.204. The molecule has 96 valence electrons. The fourth-order valence-electron chi connectivity index (χ4n) is 1.57. The van der Waals surface area contributed by atoms with Crippen molar-refractivity contribution in [1.82, 2.24) is 0 Å². The molecule has 0 amide bonds. The molecule has 0 spiro atoms. The summed E-state index contributed by atoms with van der Waals surface area (Å²) in [6.07, 6.45) is 1.82. The highest BCUT2D eigenvalue weighted by Crippen LogP contribution is 2.24. The van der Waals surface area contributed by atoms with Crippen molar-refractivity contribution in [3.05, 3.63) is 29.3 Å². The largest absolute Gasteiger partial charge is 0.487 e. The van der Waals surface area contributed by atoms with E-state index >= 15 is 0 Å². The minimum Gasteiger partial charge on any atom is -0.487 e. The van der Waals surface area contributed by atoms with Gasteiger partial charge in [0.2, 0.25) is 0 Å². The average Bonchev–Trinajstić information content (AvgIpc) is 2.32. The highest BCUT2D eigenvalue weighted by molar-refractivity contribution is 5.31. The van der Waals surface area contributed by atoms with Gasteiger partial charge in [-0.05, 0) is 23.6 Å². The van der Waals surface area contributed by atoms with Gasteiger partial charge in [0, 0.05) is 0 Å². The molecule has 0 saturated heterocycles. The summed E-state index contributed by atoms with van der Waals surface area (Å²) in [4.78, 5) is 0. The molecule has 0 radical (unpaired) electrons. The molecular formula is C13H18F2O2. The van der Waals surface area contributed by atoms with Crippen LogP contribution in [0.2, 0.25) is 0 Å². The number of aliphatic hydroxyl groups is 1. The lowest BCUT2D eigenvalue weighted by molar-refractivity contribution is 0.220. The van der Waals surface area contributed by atoms with Gasteiger partial charge in [0.1, 0.15) is 0 Å². The fraction of sp³-hybridized carbons (Fsp3) is 0.538. The molecule has 17 heavy (non-hydrogen) atoms. The number of ether oxygens (including phenoxy) is 1. The molecule has 1 aromatic rings. The minimum atomic E-state index is -0.764. The van der Waals surface area contributed by atoms with Gasteiger partial charge in [-0.1, -0.05) is 26.7 Å². The molecule has 0 unspecified atom stereocenters. The zero-order valence-corrected chi connectivity index (χ0v) is 10.2. The Bertz CT molecular complexity index is 339. The quantitative estimate of drug-likeness (QED) is 0.832. The molecule has 0 saturated carbocycles. The number of rotatable bonds is 6. The molecule has 1 aromatic carbocycles. The van der Waals surface area contributed by atoms with Crippen LogP contribution in [0.5, 0.6) is 5.75 Å². The van der Waals surface area contributed by atoms with Crippen molar-refractivity contribution in [2.24, 2.45) is 5.92 Å². The van der Waals surface area contributed by atoms with E-state index in [-0.39, 0.29) is 17.9 Å². The van der Waals surface area contributed by atoms with E-state index in [0.29, 0.717) is 12.5 Å². The first kappa shape index (κ1) is 13.9. The van der Waals surface area contributed by atoms with Gasteiger partial charge in [0.15, 0.2) is 17.4 Å². The van der Waals surface area contributed by atoms with Gasteiger partial charge in [-0.25, -0.2) is 8.78 Å². The van der Waals surface area contributed by atoms with E-state index in [1.807, 2.05) is 13.8 Å². The Labute approximate surface area is 100 Å². The maximum Gasteiger partial charge on any atom is 0.190 e. The first-order chi connectivity index (χ1) is 8.12. The van der Waals surface area contributed by atoms with Crippen LogP contribution in [0.4, 0.5) is 8.78 Å². The Morgan fingerprint density at radius 2 is 1.71 bits per heavy atom. The Morgan fingerprint density at radius 1 is 1.18 bits per heavy atom. The maximum atomic E-state index is 13.5. The van der Waals surface area contributed by atoms with Gasteiger partial charge < -0.3 is 9.84 Å². The summed E-state index contributed by atoms with van der Waals surface area (Å²) >= 11 is 0. The first-order valence-corrected chi connectivity index (χ1v) is 5.83. The van der Waals surface area contributed by atoms with Crippen molar-refractivity contribution >= 4 is 0 Å². The average molecular weight is 244 g/mol. The molecule has 0 aliphatic carbocycles. The van der Waals surface area contributed by atoms with Gasteiger partial charge >= 0.3 is 0 Å². The molecule has 0 heterocycles. The molecule has 1 rings (SSSR count). The topological polar surface area (TPSA) is 29.5 Å². The lowest BCUT2D eigenvalue weighted by atomic mass is 10.1.